The van der Waals surface area contributed by atoms with Gasteiger partial charge in [-0.15, -0.1) is 0 Å². The SMILES string of the molecule is CCOc1ccccc1CCC(=O)Nc1cc(OC)c(OC)cc1Cl. The van der Waals surface area contributed by atoms with Gasteiger partial charge in [0.05, 0.1) is 31.5 Å². The maximum absolute atomic E-state index is 12.3. The first-order valence-corrected chi connectivity index (χ1v) is 8.38. The Hall–Kier alpha value is -2.40. The summed E-state index contributed by atoms with van der Waals surface area (Å²) in [6.07, 6.45) is 0.891. The number of methoxy groups -OCH3 is 2. The van der Waals surface area contributed by atoms with E-state index in [1.165, 1.54) is 14.2 Å². The van der Waals surface area contributed by atoms with Crippen LogP contribution in [0.4, 0.5) is 5.69 Å². The molecule has 25 heavy (non-hydrogen) atoms. The van der Waals surface area contributed by atoms with Crippen molar-refractivity contribution < 1.29 is 19.0 Å². The van der Waals surface area contributed by atoms with Crippen LogP contribution in [0.5, 0.6) is 17.2 Å². The highest BCUT2D eigenvalue weighted by atomic mass is 35.5. The number of hydrogen-bond acceptors (Lipinski definition) is 4. The van der Waals surface area contributed by atoms with Gasteiger partial charge in [0.25, 0.3) is 0 Å². The van der Waals surface area contributed by atoms with Crippen LogP contribution >= 0.6 is 11.6 Å². The van der Waals surface area contributed by atoms with E-state index in [0.29, 0.717) is 41.7 Å². The van der Waals surface area contributed by atoms with Crippen LogP contribution < -0.4 is 19.5 Å². The first-order chi connectivity index (χ1) is 12.1. The van der Waals surface area contributed by atoms with Crippen molar-refractivity contribution in [3.05, 3.63) is 47.0 Å². The Morgan fingerprint density at radius 2 is 1.76 bits per heavy atom. The Bertz CT molecular complexity index is 733. The lowest BCUT2D eigenvalue weighted by Gasteiger charge is -2.13. The molecule has 0 radical (unpaired) electrons. The molecule has 0 bridgehead atoms. The molecular weight excluding hydrogens is 342 g/mol. The highest BCUT2D eigenvalue weighted by Crippen LogP contribution is 2.36. The van der Waals surface area contributed by atoms with Crippen molar-refractivity contribution in [2.45, 2.75) is 19.8 Å². The molecule has 0 fully saturated rings. The quantitative estimate of drug-likeness (QED) is 0.758. The minimum atomic E-state index is -0.138. The first kappa shape index (κ1) is 18.9. The summed E-state index contributed by atoms with van der Waals surface area (Å²) in [5.74, 6) is 1.68. The number of nitrogens with one attached hydrogen (secondary N) is 1. The summed E-state index contributed by atoms with van der Waals surface area (Å²) in [4.78, 5) is 12.3. The molecule has 0 atom stereocenters. The summed E-state index contributed by atoms with van der Waals surface area (Å²) >= 11 is 6.19. The number of carbonyl (C=O) groups is 1. The summed E-state index contributed by atoms with van der Waals surface area (Å²) in [6, 6.07) is 11.0. The number of ether oxygens (including phenoxy) is 3. The number of anilines is 1. The molecule has 6 heteroatoms. The Morgan fingerprint density at radius 1 is 1.08 bits per heavy atom. The average molecular weight is 364 g/mol. The lowest BCUT2D eigenvalue weighted by Crippen LogP contribution is -2.13. The van der Waals surface area contributed by atoms with Gasteiger partial charge in [-0.05, 0) is 25.0 Å². The van der Waals surface area contributed by atoms with Gasteiger partial charge >= 0.3 is 0 Å². The van der Waals surface area contributed by atoms with Crippen molar-refractivity contribution in [2.75, 3.05) is 26.1 Å². The number of para-hydroxylation sites is 1. The minimum absolute atomic E-state index is 0.138. The normalized spacial score (nSPS) is 10.2. The Morgan fingerprint density at radius 3 is 2.44 bits per heavy atom. The summed E-state index contributed by atoms with van der Waals surface area (Å²) < 4.78 is 16.0. The average Bonchev–Trinajstić information content (AvgIpc) is 2.62. The van der Waals surface area contributed by atoms with Crippen LogP contribution in [-0.2, 0) is 11.2 Å². The molecule has 1 N–H and O–H groups in total. The number of amides is 1. The summed E-state index contributed by atoms with van der Waals surface area (Å²) in [5, 5.41) is 3.20. The third kappa shape index (κ3) is 5.03. The first-order valence-electron chi connectivity index (χ1n) is 8.01. The van der Waals surface area contributed by atoms with E-state index in [0.717, 1.165) is 11.3 Å². The van der Waals surface area contributed by atoms with Crippen LogP contribution in [-0.4, -0.2) is 26.7 Å². The van der Waals surface area contributed by atoms with Gasteiger partial charge in [-0.25, -0.2) is 0 Å². The van der Waals surface area contributed by atoms with E-state index in [-0.39, 0.29) is 5.91 Å². The number of benzene rings is 2. The second kappa shape index (κ2) is 9.18. The van der Waals surface area contributed by atoms with Crippen LogP contribution in [0.15, 0.2) is 36.4 Å². The molecule has 2 aromatic carbocycles. The number of rotatable bonds is 8. The molecule has 5 nitrogen and oxygen atoms in total. The predicted molar refractivity (Wildman–Crippen MR) is 99.1 cm³/mol. The molecule has 2 rings (SSSR count). The van der Waals surface area contributed by atoms with E-state index in [2.05, 4.69) is 5.32 Å². The van der Waals surface area contributed by atoms with Gasteiger partial charge in [0, 0.05) is 18.6 Å². The fraction of sp³-hybridized carbons (Fsp3) is 0.316. The molecule has 0 aromatic heterocycles. The van der Waals surface area contributed by atoms with E-state index < -0.39 is 0 Å². The molecule has 0 aliphatic rings. The molecule has 0 spiro atoms. The van der Waals surface area contributed by atoms with Crippen LogP contribution in [0, 0.1) is 0 Å². The van der Waals surface area contributed by atoms with E-state index in [4.69, 9.17) is 25.8 Å². The maximum atomic E-state index is 12.3. The van der Waals surface area contributed by atoms with Gasteiger partial charge in [0.1, 0.15) is 5.75 Å². The second-order valence-corrected chi connectivity index (χ2v) is 5.68. The number of aryl methyl sites for hydroxylation is 1. The Kier molecular flexibility index (Phi) is 6.95. The molecule has 0 aliphatic carbocycles. The molecule has 134 valence electrons. The molecule has 1 amide bonds. The summed E-state index contributed by atoms with van der Waals surface area (Å²) in [6.45, 7) is 2.52. The lowest BCUT2D eigenvalue weighted by atomic mass is 10.1. The van der Waals surface area contributed by atoms with Crippen molar-refractivity contribution in [3.63, 3.8) is 0 Å². The standard InChI is InChI=1S/C19H22ClNO4/c1-4-25-16-8-6-5-7-13(16)9-10-19(22)21-15-12-18(24-3)17(23-2)11-14(15)20/h5-8,11-12H,4,9-10H2,1-3H3,(H,21,22). The van der Waals surface area contributed by atoms with Gasteiger partial charge < -0.3 is 19.5 Å². The fourth-order valence-electron chi connectivity index (χ4n) is 2.42. The molecule has 0 saturated heterocycles. The van der Waals surface area contributed by atoms with Crippen LogP contribution in [0.2, 0.25) is 5.02 Å². The van der Waals surface area contributed by atoms with Crippen molar-refractivity contribution >= 4 is 23.2 Å². The van der Waals surface area contributed by atoms with Crippen molar-refractivity contribution in [3.8, 4) is 17.2 Å². The van der Waals surface area contributed by atoms with Gasteiger partial charge in [0.2, 0.25) is 5.91 Å². The zero-order valence-corrected chi connectivity index (χ0v) is 15.4. The van der Waals surface area contributed by atoms with E-state index >= 15 is 0 Å². The van der Waals surface area contributed by atoms with E-state index in [9.17, 15) is 4.79 Å². The molecule has 2 aromatic rings. The summed E-state index contributed by atoms with van der Waals surface area (Å²) in [5.41, 5.74) is 1.49. The highest BCUT2D eigenvalue weighted by Gasteiger charge is 2.13. The zero-order chi connectivity index (χ0) is 18.2. The number of carbonyl (C=O) groups excluding carboxylic acids is 1. The third-order valence-electron chi connectivity index (χ3n) is 3.64. The topological polar surface area (TPSA) is 56.8 Å². The van der Waals surface area contributed by atoms with E-state index in [1.54, 1.807) is 12.1 Å². The summed E-state index contributed by atoms with van der Waals surface area (Å²) in [7, 11) is 3.06. The molecule has 0 heterocycles. The minimum Gasteiger partial charge on any atom is -0.494 e. The van der Waals surface area contributed by atoms with Crippen LogP contribution in [0.1, 0.15) is 18.9 Å². The fourth-order valence-corrected chi connectivity index (χ4v) is 2.62. The highest BCUT2D eigenvalue weighted by molar-refractivity contribution is 6.34. The largest absolute Gasteiger partial charge is 0.494 e. The van der Waals surface area contributed by atoms with Crippen molar-refractivity contribution in [1.82, 2.24) is 0 Å². The van der Waals surface area contributed by atoms with Crippen molar-refractivity contribution in [2.24, 2.45) is 0 Å². The molecular formula is C19H22ClNO4. The van der Waals surface area contributed by atoms with Gasteiger partial charge in [-0.1, -0.05) is 29.8 Å². The third-order valence-corrected chi connectivity index (χ3v) is 3.95. The Balaban J connectivity index is 2.04. The number of hydrogen-bond donors (Lipinski definition) is 1. The monoisotopic (exact) mass is 363 g/mol. The van der Waals surface area contributed by atoms with Crippen LogP contribution in [0.3, 0.4) is 0 Å². The molecule has 0 saturated carbocycles. The van der Waals surface area contributed by atoms with Crippen molar-refractivity contribution in [1.29, 1.82) is 0 Å². The van der Waals surface area contributed by atoms with E-state index in [1.807, 2.05) is 31.2 Å². The molecule has 0 unspecified atom stereocenters. The van der Waals surface area contributed by atoms with Gasteiger partial charge in [-0.2, -0.15) is 0 Å². The lowest BCUT2D eigenvalue weighted by molar-refractivity contribution is -0.116. The molecule has 0 aliphatic heterocycles. The second-order valence-electron chi connectivity index (χ2n) is 5.28. The number of halogens is 1. The predicted octanol–water partition coefficient (Wildman–Crippen LogP) is 4.33. The zero-order valence-electron chi connectivity index (χ0n) is 14.6. The van der Waals surface area contributed by atoms with Gasteiger partial charge in [0.15, 0.2) is 11.5 Å². The maximum Gasteiger partial charge on any atom is 0.224 e. The van der Waals surface area contributed by atoms with Gasteiger partial charge in [-0.3, -0.25) is 4.79 Å². The Labute approximate surface area is 152 Å². The smallest absolute Gasteiger partial charge is 0.224 e. The van der Waals surface area contributed by atoms with Crippen LogP contribution in [0.25, 0.3) is 0 Å².